The van der Waals surface area contributed by atoms with Gasteiger partial charge in [-0.05, 0) is 43.5 Å². The molecule has 0 saturated carbocycles. The minimum Gasteiger partial charge on any atom is -0.325 e. The Balaban J connectivity index is 1.59. The highest BCUT2D eigenvalue weighted by atomic mass is 32.2. The van der Waals surface area contributed by atoms with E-state index < -0.39 is 10.0 Å². The van der Waals surface area contributed by atoms with Gasteiger partial charge in [0.2, 0.25) is 15.9 Å². The van der Waals surface area contributed by atoms with Crippen molar-refractivity contribution in [3.05, 3.63) is 54.6 Å². The number of rotatable bonds is 8. The summed E-state index contributed by atoms with van der Waals surface area (Å²) in [6.45, 7) is 2.83. The van der Waals surface area contributed by atoms with Gasteiger partial charge >= 0.3 is 0 Å². The van der Waals surface area contributed by atoms with Crippen LogP contribution in [0.1, 0.15) is 32.6 Å². The average Bonchev–Trinajstić information content (AvgIpc) is 2.74. The van der Waals surface area contributed by atoms with Crippen molar-refractivity contribution in [1.82, 2.24) is 4.31 Å². The van der Waals surface area contributed by atoms with E-state index in [1.807, 2.05) is 61.5 Å². The van der Waals surface area contributed by atoms with E-state index in [-0.39, 0.29) is 17.6 Å². The van der Waals surface area contributed by atoms with Gasteiger partial charge < -0.3 is 5.32 Å². The van der Waals surface area contributed by atoms with Gasteiger partial charge in [-0.15, -0.1) is 0 Å². The SMILES string of the molecule is CCCCS(=O)(=O)N1CCC(C(=O)Nc2ccccc2Sc2ccccc2)CC1. The number of hydrogen-bond donors (Lipinski definition) is 1. The first-order valence-electron chi connectivity index (χ1n) is 10.1. The lowest BCUT2D eigenvalue weighted by Gasteiger charge is -2.30. The van der Waals surface area contributed by atoms with Gasteiger partial charge in [-0.3, -0.25) is 4.79 Å². The standard InChI is InChI=1S/C22H28N2O3S2/c1-2-3-17-29(26,27)24-15-13-18(14-16-24)22(25)23-20-11-7-8-12-21(20)28-19-9-5-4-6-10-19/h4-12,18H,2-3,13-17H2,1H3,(H,23,25). The third-order valence-electron chi connectivity index (χ3n) is 5.09. The number of para-hydroxylation sites is 1. The van der Waals surface area contributed by atoms with Crippen LogP contribution in [-0.2, 0) is 14.8 Å². The second-order valence-corrected chi connectivity index (χ2v) is 10.4. The van der Waals surface area contributed by atoms with Crippen molar-refractivity contribution in [2.75, 3.05) is 24.2 Å². The van der Waals surface area contributed by atoms with Crippen molar-refractivity contribution in [1.29, 1.82) is 0 Å². The zero-order valence-electron chi connectivity index (χ0n) is 16.7. The predicted octanol–water partition coefficient (Wildman–Crippen LogP) is 4.62. The van der Waals surface area contributed by atoms with Gasteiger partial charge in [-0.1, -0.05) is 55.4 Å². The normalized spacial score (nSPS) is 15.9. The highest BCUT2D eigenvalue weighted by Gasteiger charge is 2.30. The van der Waals surface area contributed by atoms with E-state index in [1.54, 1.807) is 16.1 Å². The number of benzene rings is 2. The summed E-state index contributed by atoms with van der Waals surface area (Å²) in [6.07, 6.45) is 2.66. The first-order chi connectivity index (χ1) is 14.0. The fraction of sp³-hybridized carbons (Fsp3) is 0.409. The number of amides is 1. The summed E-state index contributed by atoms with van der Waals surface area (Å²) >= 11 is 1.61. The van der Waals surface area contributed by atoms with Crippen molar-refractivity contribution in [3.8, 4) is 0 Å². The Morgan fingerprint density at radius 3 is 2.41 bits per heavy atom. The van der Waals surface area contributed by atoms with E-state index in [9.17, 15) is 13.2 Å². The molecular weight excluding hydrogens is 404 g/mol. The first-order valence-corrected chi connectivity index (χ1v) is 12.5. The maximum Gasteiger partial charge on any atom is 0.227 e. The van der Waals surface area contributed by atoms with Crippen molar-refractivity contribution in [3.63, 3.8) is 0 Å². The molecule has 7 heteroatoms. The van der Waals surface area contributed by atoms with Crippen LogP contribution < -0.4 is 5.32 Å². The molecule has 5 nitrogen and oxygen atoms in total. The van der Waals surface area contributed by atoms with Crippen LogP contribution in [0, 0.1) is 5.92 Å². The molecule has 1 fully saturated rings. The molecule has 0 unspecified atom stereocenters. The number of sulfonamides is 1. The molecule has 0 spiro atoms. The lowest BCUT2D eigenvalue weighted by atomic mass is 9.97. The number of anilines is 1. The minimum atomic E-state index is -3.20. The molecule has 2 aromatic rings. The van der Waals surface area contributed by atoms with Crippen molar-refractivity contribution in [2.24, 2.45) is 5.92 Å². The highest BCUT2D eigenvalue weighted by Crippen LogP contribution is 2.33. The second-order valence-electron chi connectivity index (χ2n) is 7.24. The first kappa shape index (κ1) is 21.9. The van der Waals surface area contributed by atoms with Crippen LogP contribution >= 0.6 is 11.8 Å². The van der Waals surface area contributed by atoms with E-state index in [0.717, 1.165) is 21.9 Å². The number of carbonyl (C=O) groups is 1. The van der Waals surface area contributed by atoms with Crippen molar-refractivity contribution < 1.29 is 13.2 Å². The molecule has 1 aliphatic heterocycles. The summed E-state index contributed by atoms with van der Waals surface area (Å²) in [6, 6.07) is 17.8. The van der Waals surface area contributed by atoms with Gasteiger partial charge in [0.15, 0.2) is 0 Å². The van der Waals surface area contributed by atoms with Crippen molar-refractivity contribution >= 4 is 33.4 Å². The molecule has 29 heavy (non-hydrogen) atoms. The summed E-state index contributed by atoms with van der Waals surface area (Å²) < 4.78 is 26.3. The number of nitrogens with zero attached hydrogens (tertiary/aromatic N) is 1. The largest absolute Gasteiger partial charge is 0.325 e. The summed E-state index contributed by atoms with van der Waals surface area (Å²) in [5, 5.41) is 3.06. The molecular formula is C22H28N2O3S2. The molecule has 0 aliphatic carbocycles. The van der Waals surface area contributed by atoms with E-state index >= 15 is 0 Å². The third kappa shape index (κ3) is 6.07. The number of hydrogen-bond acceptors (Lipinski definition) is 4. The fourth-order valence-electron chi connectivity index (χ4n) is 3.36. The van der Waals surface area contributed by atoms with Gasteiger partial charge in [0.1, 0.15) is 0 Å². The lowest BCUT2D eigenvalue weighted by Crippen LogP contribution is -2.42. The van der Waals surface area contributed by atoms with Crippen LogP contribution in [0.4, 0.5) is 5.69 Å². The third-order valence-corrected chi connectivity index (χ3v) is 8.13. The Kier molecular flexibility index (Phi) is 7.75. The monoisotopic (exact) mass is 432 g/mol. The van der Waals surface area contributed by atoms with Crippen LogP contribution in [0.5, 0.6) is 0 Å². The molecule has 3 rings (SSSR count). The Morgan fingerprint density at radius 2 is 1.72 bits per heavy atom. The highest BCUT2D eigenvalue weighted by molar-refractivity contribution is 7.99. The van der Waals surface area contributed by atoms with Crippen LogP contribution in [0.15, 0.2) is 64.4 Å². The quantitative estimate of drug-likeness (QED) is 0.661. The Morgan fingerprint density at radius 1 is 1.07 bits per heavy atom. The molecule has 1 aliphatic rings. The van der Waals surface area contributed by atoms with Gasteiger partial charge in [-0.25, -0.2) is 12.7 Å². The van der Waals surface area contributed by atoms with Gasteiger partial charge in [0, 0.05) is 28.8 Å². The molecule has 1 heterocycles. The summed E-state index contributed by atoms with van der Waals surface area (Å²) in [7, 11) is -3.20. The molecule has 0 radical (unpaired) electrons. The zero-order valence-corrected chi connectivity index (χ0v) is 18.3. The summed E-state index contributed by atoms with van der Waals surface area (Å²) in [4.78, 5) is 14.9. The molecule has 1 amide bonds. The van der Waals surface area contributed by atoms with Gasteiger partial charge in [0.05, 0.1) is 11.4 Å². The topological polar surface area (TPSA) is 66.5 Å². The lowest BCUT2D eigenvalue weighted by molar-refractivity contribution is -0.120. The maximum atomic E-state index is 12.8. The second kappa shape index (κ2) is 10.3. The van der Waals surface area contributed by atoms with Crippen LogP contribution in [0.3, 0.4) is 0 Å². The van der Waals surface area contributed by atoms with Gasteiger partial charge in [0.25, 0.3) is 0 Å². The van der Waals surface area contributed by atoms with E-state index in [1.165, 1.54) is 0 Å². The minimum absolute atomic E-state index is 0.0308. The number of nitrogens with one attached hydrogen (secondary N) is 1. The number of piperidine rings is 1. The molecule has 0 bridgehead atoms. The molecule has 2 aromatic carbocycles. The maximum absolute atomic E-state index is 12.8. The molecule has 1 saturated heterocycles. The van der Waals surface area contributed by atoms with E-state index in [0.29, 0.717) is 32.4 Å². The Bertz CT molecular complexity index is 909. The fourth-order valence-corrected chi connectivity index (χ4v) is 5.96. The van der Waals surface area contributed by atoms with Crippen LogP contribution in [0.2, 0.25) is 0 Å². The number of carbonyl (C=O) groups excluding carboxylic acids is 1. The Labute approximate surface area is 177 Å². The van der Waals surface area contributed by atoms with Crippen LogP contribution in [-0.4, -0.2) is 37.5 Å². The Hall–Kier alpha value is -1.83. The van der Waals surface area contributed by atoms with E-state index in [4.69, 9.17) is 0 Å². The van der Waals surface area contributed by atoms with Crippen LogP contribution in [0.25, 0.3) is 0 Å². The molecule has 156 valence electrons. The van der Waals surface area contributed by atoms with E-state index in [2.05, 4.69) is 5.32 Å². The summed E-state index contributed by atoms with van der Waals surface area (Å²) in [5.74, 6) is 0.00360. The smallest absolute Gasteiger partial charge is 0.227 e. The molecule has 0 aromatic heterocycles. The summed E-state index contributed by atoms with van der Waals surface area (Å²) in [5.41, 5.74) is 0.796. The average molecular weight is 433 g/mol. The predicted molar refractivity (Wildman–Crippen MR) is 119 cm³/mol. The molecule has 1 N–H and O–H groups in total. The van der Waals surface area contributed by atoms with Gasteiger partial charge in [-0.2, -0.15) is 0 Å². The zero-order chi connectivity index (χ0) is 20.7. The van der Waals surface area contributed by atoms with Crippen molar-refractivity contribution in [2.45, 2.75) is 42.4 Å². The number of unbranched alkanes of at least 4 members (excludes halogenated alkanes) is 1. The molecule has 0 atom stereocenters.